The minimum Gasteiger partial charge on any atom is -0.467 e. The zero-order chi connectivity index (χ0) is 13.2. The maximum absolute atomic E-state index is 11.8. The quantitative estimate of drug-likeness (QED) is 0.774. The number of anilines is 1. The Bertz CT molecular complexity index is 612. The van der Waals surface area contributed by atoms with Gasteiger partial charge in [-0.2, -0.15) is 0 Å². The number of hydrogen-bond donors (Lipinski definition) is 0. The molecule has 0 aliphatic carbocycles. The van der Waals surface area contributed by atoms with Gasteiger partial charge in [0.05, 0.1) is 12.6 Å². The number of esters is 1. The van der Waals surface area contributed by atoms with Crippen LogP contribution in [0.25, 0.3) is 10.9 Å². The fraction of sp³-hybridized carbons (Fsp3) is 0.333. The number of fused-ring (bicyclic) bond motifs is 1. The van der Waals surface area contributed by atoms with Gasteiger partial charge in [-0.25, -0.2) is 9.78 Å². The summed E-state index contributed by atoms with van der Waals surface area (Å²) in [6.45, 7) is 0.852. The van der Waals surface area contributed by atoms with Crippen molar-refractivity contribution in [2.75, 3.05) is 18.6 Å². The number of hydrogen-bond acceptors (Lipinski definition) is 4. The standard InChI is InChI=1S/C15H16N2O2/c1-19-15(18)13-7-4-10-17(13)14-9-8-11-5-2-3-6-12(11)16-14/h2-3,5-6,8-9,13H,4,7,10H2,1H3. The third-order valence-corrected chi connectivity index (χ3v) is 3.60. The predicted molar refractivity (Wildman–Crippen MR) is 74.1 cm³/mol. The summed E-state index contributed by atoms with van der Waals surface area (Å²) in [5.74, 6) is 0.680. The number of carbonyl (C=O) groups excluding carboxylic acids is 1. The van der Waals surface area contributed by atoms with Crippen LogP contribution in [-0.4, -0.2) is 30.6 Å². The first kappa shape index (κ1) is 12.0. The molecule has 19 heavy (non-hydrogen) atoms. The molecule has 1 aliphatic rings. The second-order valence-electron chi connectivity index (χ2n) is 4.74. The summed E-state index contributed by atoms with van der Waals surface area (Å²) in [5.41, 5.74) is 0.954. The molecule has 1 aliphatic heterocycles. The van der Waals surface area contributed by atoms with Crippen LogP contribution in [0, 0.1) is 0 Å². The zero-order valence-corrected chi connectivity index (χ0v) is 10.9. The molecule has 0 amide bonds. The summed E-state index contributed by atoms with van der Waals surface area (Å²) in [4.78, 5) is 18.5. The van der Waals surface area contributed by atoms with Crippen molar-refractivity contribution in [2.45, 2.75) is 18.9 Å². The highest BCUT2D eigenvalue weighted by molar-refractivity contribution is 5.83. The van der Waals surface area contributed by atoms with Crippen LogP contribution < -0.4 is 4.90 Å². The lowest BCUT2D eigenvalue weighted by molar-refractivity contribution is -0.141. The number of carbonyl (C=O) groups is 1. The number of methoxy groups -OCH3 is 1. The minimum atomic E-state index is -0.196. The van der Waals surface area contributed by atoms with E-state index in [1.54, 1.807) is 0 Å². The van der Waals surface area contributed by atoms with Gasteiger partial charge in [-0.05, 0) is 31.0 Å². The summed E-state index contributed by atoms with van der Waals surface area (Å²) in [6.07, 6.45) is 1.83. The van der Waals surface area contributed by atoms with E-state index in [9.17, 15) is 4.79 Å². The molecule has 1 unspecified atom stereocenters. The van der Waals surface area contributed by atoms with Gasteiger partial charge in [-0.1, -0.05) is 18.2 Å². The van der Waals surface area contributed by atoms with Gasteiger partial charge >= 0.3 is 5.97 Å². The Labute approximate surface area is 112 Å². The Morgan fingerprint density at radius 2 is 2.16 bits per heavy atom. The second-order valence-corrected chi connectivity index (χ2v) is 4.74. The van der Waals surface area contributed by atoms with Gasteiger partial charge < -0.3 is 9.64 Å². The molecule has 2 heterocycles. The van der Waals surface area contributed by atoms with Crippen molar-refractivity contribution in [3.8, 4) is 0 Å². The highest BCUT2D eigenvalue weighted by Crippen LogP contribution is 2.26. The first-order valence-corrected chi connectivity index (χ1v) is 6.50. The van der Waals surface area contributed by atoms with Crippen LogP contribution in [0.4, 0.5) is 5.82 Å². The SMILES string of the molecule is COC(=O)C1CCCN1c1ccc2ccccc2n1. The van der Waals surface area contributed by atoms with Crippen LogP contribution in [0.3, 0.4) is 0 Å². The van der Waals surface area contributed by atoms with Crippen molar-refractivity contribution in [3.05, 3.63) is 36.4 Å². The molecule has 4 nitrogen and oxygen atoms in total. The van der Waals surface area contributed by atoms with E-state index in [1.807, 2.05) is 41.3 Å². The van der Waals surface area contributed by atoms with Gasteiger partial charge in [0.1, 0.15) is 11.9 Å². The minimum absolute atomic E-state index is 0.174. The van der Waals surface area contributed by atoms with E-state index < -0.39 is 0 Å². The van der Waals surface area contributed by atoms with E-state index in [1.165, 1.54) is 7.11 Å². The van der Waals surface area contributed by atoms with Crippen LogP contribution in [0.1, 0.15) is 12.8 Å². The number of rotatable bonds is 2. The Morgan fingerprint density at radius 3 is 3.00 bits per heavy atom. The first-order chi connectivity index (χ1) is 9.29. The molecule has 4 heteroatoms. The topological polar surface area (TPSA) is 42.4 Å². The van der Waals surface area contributed by atoms with Crippen LogP contribution in [-0.2, 0) is 9.53 Å². The van der Waals surface area contributed by atoms with E-state index in [2.05, 4.69) is 4.98 Å². The number of aromatic nitrogens is 1. The Hall–Kier alpha value is -2.10. The van der Waals surface area contributed by atoms with E-state index in [4.69, 9.17) is 4.74 Å². The number of ether oxygens (including phenoxy) is 1. The van der Waals surface area contributed by atoms with Crippen LogP contribution in [0.5, 0.6) is 0 Å². The first-order valence-electron chi connectivity index (χ1n) is 6.50. The largest absolute Gasteiger partial charge is 0.467 e. The highest BCUT2D eigenvalue weighted by atomic mass is 16.5. The second kappa shape index (κ2) is 4.88. The summed E-state index contributed by atoms with van der Waals surface area (Å²) in [7, 11) is 1.44. The third-order valence-electron chi connectivity index (χ3n) is 3.60. The average Bonchev–Trinajstić information content (AvgIpc) is 2.95. The molecule has 2 aromatic rings. The van der Waals surface area contributed by atoms with Gasteiger partial charge in [0.25, 0.3) is 0 Å². The molecule has 1 atom stereocenters. The fourth-order valence-corrected chi connectivity index (χ4v) is 2.64. The lowest BCUT2D eigenvalue weighted by Gasteiger charge is -2.23. The summed E-state index contributed by atoms with van der Waals surface area (Å²) >= 11 is 0. The molecule has 1 aromatic heterocycles. The van der Waals surface area contributed by atoms with Crippen molar-refractivity contribution in [1.82, 2.24) is 4.98 Å². The predicted octanol–water partition coefficient (Wildman–Crippen LogP) is 2.38. The summed E-state index contributed by atoms with van der Waals surface area (Å²) < 4.78 is 4.86. The van der Waals surface area contributed by atoms with Crippen molar-refractivity contribution in [1.29, 1.82) is 0 Å². The van der Waals surface area contributed by atoms with Crippen LogP contribution >= 0.6 is 0 Å². The molecular formula is C15H16N2O2. The molecule has 0 N–H and O–H groups in total. The molecule has 0 saturated carbocycles. The molecule has 1 fully saturated rings. The lowest BCUT2D eigenvalue weighted by Crippen LogP contribution is -2.37. The molecule has 0 radical (unpaired) electrons. The van der Waals surface area contributed by atoms with E-state index in [0.717, 1.165) is 36.1 Å². The molecule has 98 valence electrons. The molecule has 1 saturated heterocycles. The van der Waals surface area contributed by atoms with Crippen molar-refractivity contribution < 1.29 is 9.53 Å². The normalized spacial score (nSPS) is 18.8. The molecule has 1 aromatic carbocycles. The maximum Gasteiger partial charge on any atom is 0.328 e. The average molecular weight is 256 g/mol. The highest BCUT2D eigenvalue weighted by Gasteiger charge is 2.32. The van der Waals surface area contributed by atoms with Gasteiger partial charge in [0, 0.05) is 11.9 Å². The zero-order valence-electron chi connectivity index (χ0n) is 10.9. The molecule has 0 spiro atoms. The van der Waals surface area contributed by atoms with Crippen molar-refractivity contribution >= 4 is 22.7 Å². The Balaban J connectivity index is 1.96. The Kier molecular flexibility index (Phi) is 3.07. The van der Waals surface area contributed by atoms with E-state index >= 15 is 0 Å². The number of para-hydroxylation sites is 1. The van der Waals surface area contributed by atoms with E-state index in [0.29, 0.717) is 0 Å². The summed E-state index contributed by atoms with van der Waals surface area (Å²) in [6, 6.07) is 11.8. The summed E-state index contributed by atoms with van der Waals surface area (Å²) in [5, 5.41) is 1.11. The molecule has 0 bridgehead atoms. The fourth-order valence-electron chi connectivity index (χ4n) is 2.64. The van der Waals surface area contributed by atoms with Gasteiger partial charge in [-0.3, -0.25) is 0 Å². The number of pyridine rings is 1. The van der Waals surface area contributed by atoms with Gasteiger partial charge in [0.2, 0.25) is 0 Å². The molecule has 3 rings (SSSR count). The lowest BCUT2D eigenvalue weighted by atomic mass is 10.2. The smallest absolute Gasteiger partial charge is 0.328 e. The van der Waals surface area contributed by atoms with Crippen molar-refractivity contribution in [3.63, 3.8) is 0 Å². The number of benzene rings is 1. The van der Waals surface area contributed by atoms with Crippen molar-refractivity contribution in [2.24, 2.45) is 0 Å². The van der Waals surface area contributed by atoms with Gasteiger partial charge in [-0.15, -0.1) is 0 Å². The van der Waals surface area contributed by atoms with Gasteiger partial charge in [0.15, 0.2) is 0 Å². The monoisotopic (exact) mass is 256 g/mol. The molecular weight excluding hydrogens is 240 g/mol. The van der Waals surface area contributed by atoms with Crippen LogP contribution in [0.2, 0.25) is 0 Å². The number of nitrogens with zero attached hydrogens (tertiary/aromatic N) is 2. The maximum atomic E-state index is 11.8. The third kappa shape index (κ3) is 2.14. The van der Waals surface area contributed by atoms with E-state index in [-0.39, 0.29) is 12.0 Å². The van der Waals surface area contributed by atoms with Crippen LogP contribution in [0.15, 0.2) is 36.4 Å². The Morgan fingerprint density at radius 1 is 1.32 bits per heavy atom.